The van der Waals surface area contributed by atoms with Crippen LogP contribution in [0, 0.1) is 0 Å². The maximum atomic E-state index is 5.77. The van der Waals surface area contributed by atoms with Gasteiger partial charge in [0.25, 0.3) is 0 Å². The molecule has 0 saturated heterocycles. The number of hydrogen-bond donors (Lipinski definition) is 1. The van der Waals surface area contributed by atoms with Gasteiger partial charge in [-0.3, -0.25) is 0 Å². The van der Waals surface area contributed by atoms with Crippen molar-refractivity contribution in [1.29, 1.82) is 0 Å². The van der Waals surface area contributed by atoms with Crippen molar-refractivity contribution in [1.82, 2.24) is 9.97 Å². The topological polar surface area (TPSA) is 70.3 Å². The Morgan fingerprint density at radius 1 is 1.11 bits per heavy atom. The van der Waals surface area contributed by atoms with Crippen LogP contribution in [0.2, 0.25) is 0 Å². The first-order valence-corrected chi connectivity index (χ1v) is 6.21. The summed E-state index contributed by atoms with van der Waals surface area (Å²) in [6, 6.07) is 8.96. The Balaban J connectivity index is 1.81. The van der Waals surface area contributed by atoms with E-state index in [0.29, 0.717) is 23.4 Å². The second-order valence-corrected chi connectivity index (χ2v) is 4.54. The van der Waals surface area contributed by atoms with Gasteiger partial charge in [-0.15, -0.1) is 0 Å². The van der Waals surface area contributed by atoms with Crippen molar-refractivity contribution < 1.29 is 9.47 Å². The van der Waals surface area contributed by atoms with Gasteiger partial charge in [0.05, 0.1) is 7.11 Å². The molecule has 0 spiro atoms. The van der Waals surface area contributed by atoms with E-state index in [1.807, 2.05) is 24.3 Å². The van der Waals surface area contributed by atoms with Crippen LogP contribution in [-0.4, -0.2) is 17.1 Å². The SMILES string of the molecule is COc1ccc(Oc2cc(N)nc(C3CC3)n2)cc1. The number of nitrogen functional groups attached to an aromatic ring is 1. The molecule has 1 aliphatic rings. The minimum atomic E-state index is 0.445. The van der Waals surface area contributed by atoms with Crippen LogP contribution in [0.25, 0.3) is 0 Å². The van der Waals surface area contributed by atoms with Gasteiger partial charge in [0, 0.05) is 12.0 Å². The van der Waals surface area contributed by atoms with Gasteiger partial charge >= 0.3 is 0 Å². The summed E-state index contributed by atoms with van der Waals surface area (Å²) in [5, 5.41) is 0. The molecule has 5 heteroatoms. The zero-order valence-electron chi connectivity index (χ0n) is 10.7. The molecule has 3 rings (SSSR count). The van der Waals surface area contributed by atoms with Crippen molar-refractivity contribution in [3.8, 4) is 17.4 Å². The minimum Gasteiger partial charge on any atom is -0.497 e. The van der Waals surface area contributed by atoms with Crippen LogP contribution in [0.1, 0.15) is 24.6 Å². The van der Waals surface area contributed by atoms with E-state index in [0.717, 1.165) is 24.4 Å². The highest BCUT2D eigenvalue weighted by molar-refractivity contribution is 5.38. The molecule has 1 fully saturated rings. The van der Waals surface area contributed by atoms with E-state index in [4.69, 9.17) is 15.2 Å². The Morgan fingerprint density at radius 3 is 2.42 bits per heavy atom. The van der Waals surface area contributed by atoms with Crippen molar-refractivity contribution >= 4 is 5.82 Å². The summed E-state index contributed by atoms with van der Waals surface area (Å²) in [5.74, 6) is 3.64. The van der Waals surface area contributed by atoms with Gasteiger partial charge in [-0.1, -0.05) is 0 Å². The fourth-order valence-corrected chi connectivity index (χ4v) is 1.80. The predicted octanol–water partition coefficient (Wildman–Crippen LogP) is 2.74. The third-order valence-electron chi connectivity index (χ3n) is 2.96. The highest BCUT2D eigenvalue weighted by atomic mass is 16.5. The maximum Gasteiger partial charge on any atom is 0.224 e. The quantitative estimate of drug-likeness (QED) is 0.911. The third-order valence-corrected chi connectivity index (χ3v) is 2.96. The lowest BCUT2D eigenvalue weighted by molar-refractivity contribution is 0.412. The van der Waals surface area contributed by atoms with Gasteiger partial charge in [0.1, 0.15) is 23.1 Å². The average Bonchev–Trinajstić information content (AvgIpc) is 3.23. The molecule has 1 saturated carbocycles. The van der Waals surface area contributed by atoms with Crippen molar-refractivity contribution in [2.75, 3.05) is 12.8 Å². The fraction of sp³-hybridized carbons (Fsp3) is 0.286. The number of aromatic nitrogens is 2. The Morgan fingerprint density at radius 2 is 1.79 bits per heavy atom. The molecule has 2 aromatic rings. The number of methoxy groups -OCH3 is 1. The van der Waals surface area contributed by atoms with Crippen LogP contribution in [-0.2, 0) is 0 Å². The normalized spacial score (nSPS) is 14.2. The van der Waals surface area contributed by atoms with Crippen molar-refractivity contribution in [3.05, 3.63) is 36.2 Å². The lowest BCUT2D eigenvalue weighted by Gasteiger charge is -2.07. The molecule has 0 unspecified atom stereocenters. The summed E-state index contributed by atoms with van der Waals surface area (Å²) in [4.78, 5) is 8.62. The number of hydrogen-bond acceptors (Lipinski definition) is 5. The summed E-state index contributed by atoms with van der Waals surface area (Å²) in [5.41, 5.74) is 5.77. The molecule has 0 atom stereocenters. The zero-order chi connectivity index (χ0) is 13.2. The van der Waals surface area contributed by atoms with Crippen LogP contribution in [0.4, 0.5) is 5.82 Å². The molecule has 19 heavy (non-hydrogen) atoms. The minimum absolute atomic E-state index is 0.445. The number of ether oxygens (including phenoxy) is 2. The van der Waals surface area contributed by atoms with Crippen LogP contribution in [0.3, 0.4) is 0 Å². The molecule has 0 bridgehead atoms. The van der Waals surface area contributed by atoms with E-state index in [9.17, 15) is 0 Å². The molecule has 0 radical (unpaired) electrons. The summed E-state index contributed by atoms with van der Waals surface area (Å²) >= 11 is 0. The van der Waals surface area contributed by atoms with Gasteiger partial charge in [0.15, 0.2) is 0 Å². The molecule has 0 amide bonds. The Labute approximate surface area is 111 Å². The first-order valence-electron chi connectivity index (χ1n) is 6.21. The number of nitrogens with zero attached hydrogens (tertiary/aromatic N) is 2. The number of benzene rings is 1. The molecular weight excluding hydrogens is 242 g/mol. The van der Waals surface area contributed by atoms with Gasteiger partial charge < -0.3 is 15.2 Å². The van der Waals surface area contributed by atoms with E-state index in [-0.39, 0.29) is 0 Å². The second kappa shape index (κ2) is 4.76. The zero-order valence-corrected chi connectivity index (χ0v) is 10.7. The largest absolute Gasteiger partial charge is 0.497 e. The van der Waals surface area contributed by atoms with E-state index >= 15 is 0 Å². The lowest BCUT2D eigenvalue weighted by atomic mass is 10.3. The summed E-state index contributed by atoms with van der Waals surface area (Å²) in [6.45, 7) is 0. The summed E-state index contributed by atoms with van der Waals surface area (Å²) in [6.07, 6.45) is 2.26. The summed E-state index contributed by atoms with van der Waals surface area (Å²) < 4.78 is 10.8. The van der Waals surface area contributed by atoms with Crippen LogP contribution < -0.4 is 15.2 Å². The van der Waals surface area contributed by atoms with Crippen LogP contribution >= 0.6 is 0 Å². The highest BCUT2D eigenvalue weighted by Crippen LogP contribution is 2.39. The fourth-order valence-electron chi connectivity index (χ4n) is 1.80. The molecule has 1 aromatic heterocycles. The molecular formula is C14H15N3O2. The Bertz CT molecular complexity index is 580. The van der Waals surface area contributed by atoms with E-state index in [1.54, 1.807) is 13.2 Å². The van der Waals surface area contributed by atoms with Crippen molar-refractivity contribution in [2.45, 2.75) is 18.8 Å². The third kappa shape index (κ3) is 2.76. The Hall–Kier alpha value is -2.30. The smallest absolute Gasteiger partial charge is 0.224 e. The van der Waals surface area contributed by atoms with Crippen molar-refractivity contribution in [3.63, 3.8) is 0 Å². The van der Waals surface area contributed by atoms with Crippen LogP contribution in [0.5, 0.6) is 17.4 Å². The monoisotopic (exact) mass is 257 g/mol. The first kappa shape index (κ1) is 11.8. The van der Waals surface area contributed by atoms with E-state index in [2.05, 4.69) is 9.97 Å². The molecule has 1 aromatic carbocycles. The number of rotatable bonds is 4. The molecule has 1 heterocycles. The molecule has 1 aliphatic carbocycles. The standard InChI is InChI=1S/C14H15N3O2/c1-18-10-4-6-11(7-5-10)19-13-8-12(15)16-14(17-13)9-2-3-9/h4-9H,2-3H2,1H3,(H2,15,16,17). The van der Waals surface area contributed by atoms with Crippen molar-refractivity contribution in [2.24, 2.45) is 0 Å². The number of anilines is 1. The molecule has 0 aliphatic heterocycles. The molecule has 2 N–H and O–H groups in total. The average molecular weight is 257 g/mol. The predicted molar refractivity (Wildman–Crippen MR) is 71.5 cm³/mol. The Kier molecular flexibility index (Phi) is 2.95. The second-order valence-electron chi connectivity index (χ2n) is 4.54. The number of nitrogens with two attached hydrogens (primary N) is 1. The van der Waals surface area contributed by atoms with Gasteiger partial charge in [0.2, 0.25) is 5.88 Å². The lowest BCUT2D eigenvalue weighted by Crippen LogP contribution is -2.00. The summed E-state index contributed by atoms with van der Waals surface area (Å²) in [7, 11) is 1.63. The van der Waals surface area contributed by atoms with E-state index in [1.165, 1.54) is 0 Å². The van der Waals surface area contributed by atoms with Gasteiger partial charge in [-0.05, 0) is 37.1 Å². The van der Waals surface area contributed by atoms with Crippen LogP contribution in [0.15, 0.2) is 30.3 Å². The van der Waals surface area contributed by atoms with E-state index < -0.39 is 0 Å². The molecule has 98 valence electrons. The maximum absolute atomic E-state index is 5.77. The first-order chi connectivity index (χ1) is 9.24. The molecule has 5 nitrogen and oxygen atoms in total. The van der Waals surface area contributed by atoms with Gasteiger partial charge in [-0.2, -0.15) is 4.98 Å². The highest BCUT2D eigenvalue weighted by Gasteiger charge is 2.27. The van der Waals surface area contributed by atoms with Gasteiger partial charge in [-0.25, -0.2) is 4.98 Å².